The van der Waals surface area contributed by atoms with Gasteiger partial charge in [0.2, 0.25) is 17.7 Å². The van der Waals surface area contributed by atoms with E-state index in [1.54, 1.807) is 11.6 Å². The molecule has 0 radical (unpaired) electrons. The van der Waals surface area contributed by atoms with E-state index in [9.17, 15) is 14.4 Å². The van der Waals surface area contributed by atoms with E-state index in [0.29, 0.717) is 5.13 Å². The van der Waals surface area contributed by atoms with Crippen LogP contribution in [-0.2, 0) is 24.1 Å². The number of alkyl halides is 2. The highest BCUT2D eigenvalue weighted by Crippen LogP contribution is 2.69. The summed E-state index contributed by atoms with van der Waals surface area (Å²) in [5.74, 6) is -2.81. The molecule has 33 heavy (non-hydrogen) atoms. The van der Waals surface area contributed by atoms with Gasteiger partial charge in [0.15, 0.2) is 5.13 Å². The first kappa shape index (κ1) is 20.8. The number of halogens is 2. The summed E-state index contributed by atoms with van der Waals surface area (Å²) in [6.07, 6.45) is 1.55. The highest BCUT2D eigenvalue weighted by molar-refractivity contribution is 7.13. The molecule has 0 unspecified atom stereocenters. The zero-order valence-electron chi connectivity index (χ0n) is 17.1. The van der Waals surface area contributed by atoms with Gasteiger partial charge in [-0.05, 0) is 22.3 Å². The summed E-state index contributed by atoms with van der Waals surface area (Å²) in [6, 6.07) is 15.0. The summed E-state index contributed by atoms with van der Waals surface area (Å²) in [7, 11) is 0. The molecule has 166 valence electrons. The molecular weight excluding hydrogens is 481 g/mol. The maximum atomic E-state index is 13.7. The molecule has 3 aromatic rings. The first-order valence-corrected chi connectivity index (χ1v) is 12.1. The minimum atomic E-state index is -1.21. The fourth-order valence-electron chi connectivity index (χ4n) is 5.63. The van der Waals surface area contributed by atoms with Gasteiger partial charge < -0.3 is 5.32 Å². The number of carbonyl (C=O) groups is 3. The minimum absolute atomic E-state index is 0.0407. The molecule has 1 aromatic heterocycles. The van der Waals surface area contributed by atoms with Crippen LogP contribution in [0, 0.1) is 11.8 Å². The number of nitrogens with zero attached hydrogens (tertiary/aromatic N) is 2. The SMILES string of the molecule is O=C(CCN1C(=O)[C@@H]2[C@@H](C1=O)C1(Cl)c3ccccc3C2(Cl)c2ccccc21)Nc1nccs1. The fourth-order valence-corrected chi connectivity index (χ4v) is 7.27. The second-order valence-electron chi connectivity index (χ2n) is 8.43. The Labute approximate surface area is 203 Å². The number of hydrogen-bond acceptors (Lipinski definition) is 5. The van der Waals surface area contributed by atoms with E-state index in [1.165, 1.54) is 11.3 Å². The Balaban J connectivity index is 1.40. The predicted molar refractivity (Wildman–Crippen MR) is 125 cm³/mol. The Morgan fingerprint density at radius 1 is 0.939 bits per heavy atom. The quantitative estimate of drug-likeness (QED) is 0.435. The van der Waals surface area contributed by atoms with Crippen LogP contribution >= 0.6 is 34.5 Å². The zero-order chi connectivity index (χ0) is 23.0. The van der Waals surface area contributed by atoms with Gasteiger partial charge in [-0.15, -0.1) is 34.5 Å². The molecule has 1 N–H and O–H groups in total. The maximum absolute atomic E-state index is 13.7. The highest BCUT2D eigenvalue weighted by Gasteiger charge is 2.72. The monoisotopic (exact) mass is 497 g/mol. The van der Waals surface area contributed by atoms with E-state index in [4.69, 9.17) is 23.2 Å². The van der Waals surface area contributed by atoms with Crippen LogP contribution in [0.15, 0.2) is 60.1 Å². The minimum Gasteiger partial charge on any atom is -0.302 e. The number of anilines is 1. The van der Waals surface area contributed by atoms with Crippen molar-refractivity contribution in [1.82, 2.24) is 9.88 Å². The second-order valence-corrected chi connectivity index (χ2v) is 10.5. The van der Waals surface area contributed by atoms with E-state index in [2.05, 4.69) is 10.3 Å². The van der Waals surface area contributed by atoms with Gasteiger partial charge in [-0.2, -0.15) is 0 Å². The molecule has 0 saturated carbocycles. The second kappa shape index (κ2) is 7.13. The molecule has 2 bridgehead atoms. The number of aromatic nitrogens is 1. The van der Waals surface area contributed by atoms with Crippen LogP contribution in [0.5, 0.6) is 0 Å². The summed E-state index contributed by atoms with van der Waals surface area (Å²) in [5.41, 5.74) is 3.02. The van der Waals surface area contributed by atoms with Crippen molar-refractivity contribution < 1.29 is 14.4 Å². The number of benzene rings is 2. The molecule has 1 saturated heterocycles. The maximum Gasteiger partial charge on any atom is 0.235 e. The van der Waals surface area contributed by atoms with Gasteiger partial charge in [0.25, 0.3) is 0 Å². The van der Waals surface area contributed by atoms with Crippen molar-refractivity contribution in [3.05, 3.63) is 82.4 Å². The Morgan fingerprint density at radius 3 is 1.85 bits per heavy atom. The van der Waals surface area contributed by atoms with Gasteiger partial charge in [0.05, 0.1) is 11.8 Å². The third-order valence-electron chi connectivity index (χ3n) is 6.92. The number of carbonyl (C=O) groups excluding carboxylic acids is 3. The topological polar surface area (TPSA) is 79.4 Å². The van der Waals surface area contributed by atoms with Crippen molar-refractivity contribution in [1.29, 1.82) is 0 Å². The number of nitrogens with one attached hydrogen (secondary N) is 1. The van der Waals surface area contributed by atoms with Gasteiger partial charge in [0.1, 0.15) is 9.75 Å². The number of thiazole rings is 1. The lowest BCUT2D eigenvalue weighted by Crippen LogP contribution is -2.57. The van der Waals surface area contributed by atoms with Gasteiger partial charge in [0, 0.05) is 24.5 Å². The molecule has 0 spiro atoms. The molecule has 3 aliphatic carbocycles. The van der Waals surface area contributed by atoms with Crippen molar-refractivity contribution in [2.45, 2.75) is 16.2 Å². The third kappa shape index (κ3) is 2.61. The molecule has 2 atom stereocenters. The molecule has 9 heteroatoms. The van der Waals surface area contributed by atoms with E-state index in [1.807, 2.05) is 48.5 Å². The molecule has 1 fully saturated rings. The van der Waals surface area contributed by atoms with Crippen molar-refractivity contribution in [3.8, 4) is 0 Å². The number of amides is 3. The van der Waals surface area contributed by atoms with Crippen molar-refractivity contribution in [2.24, 2.45) is 11.8 Å². The van der Waals surface area contributed by atoms with Crippen LogP contribution in [-0.4, -0.2) is 34.2 Å². The summed E-state index contributed by atoms with van der Waals surface area (Å²) in [6.45, 7) is -0.0471. The average Bonchev–Trinajstić information content (AvgIpc) is 3.42. The Hall–Kier alpha value is -2.74. The van der Waals surface area contributed by atoms with Gasteiger partial charge in [-0.25, -0.2) is 4.98 Å². The predicted octanol–water partition coefficient (Wildman–Crippen LogP) is 4.06. The summed E-state index contributed by atoms with van der Waals surface area (Å²) >= 11 is 16.0. The summed E-state index contributed by atoms with van der Waals surface area (Å²) in [4.78, 5) is 42.4. The fraction of sp³-hybridized carbons (Fsp3) is 0.250. The lowest BCUT2D eigenvalue weighted by molar-refractivity contribution is -0.140. The highest BCUT2D eigenvalue weighted by atomic mass is 35.5. The number of imide groups is 1. The van der Waals surface area contributed by atoms with Crippen molar-refractivity contribution in [3.63, 3.8) is 0 Å². The standard InChI is InChI=1S/C24H17Cl2N3O3S/c25-23-13-5-1-2-6-14(13)24(26,16-8-4-3-7-15(16)23)19-18(23)20(31)29(21(19)32)11-9-17(30)28-22-27-10-12-33-22/h1-8,10,12,18-19H,9,11H2,(H,27,28,30)/t18-,19-,23?,24?/m0/s1. The Morgan fingerprint density at radius 2 is 1.42 bits per heavy atom. The van der Waals surface area contributed by atoms with Crippen molar-refractivity contribution in [2.75, 3.05) is 11.9 Å². The van der Waals surface area contributed by atoms with Gasteiger partial charge in [-0.3, -0.25) is 19.3 Å². The number of hydrogen-bond donors (Lipinski definition) is 1. The summed E-state index contributed by atoms with van der Waals surface area (Å²) < 4.78 is 0. The lowest BCUT2D eigenvalue weighted by atomic mass is 9.54. The molecular formula is C24H17Cl2N3O3S. The van der Waals surface area contributed by atoms with Crippen LogP contribution in [0.3, 0.4) is 0 Å². The Kier molecular flexibility index (Phi) is 4.50. The van der Waals surface area contributed by atoms with E-state index in [0.717, 1.165) is 27.2 Å². The van der Waals surface area contributed by atoms with Crippen LogP contribution in [0.4, 0.5) is 5.13 Å². The number of rotatable bonds is 4. The third-order valence-corrected chi connectivity index (χ3v) is 8.89. The van der Waals surface area contributed by atoms with Gasteiger partial charge >= 0.3 is 0 Å². The van der Waals surface area contributed by atoms with Crippen LogP contribution in [0.25, 0.3) is 0 Å². The lowest BCUT2D eigenvalue weighted by Gasteiger charge is -2.54. The molecule has 2 heterocycles. The van der Waals surface area contributed by atoms with Crippen LogP contribution in [0.1, 0.15) is 28.7 Å². The smallest absolute Gasteiger partial charge is 0.235 e. The first-order chi connectivity index (χ1) is 15.9. The molecule has 3 amide bonds. The molecule has 4 aliphatic rings. The van der Waals surface area contributed by atoms with Crippen LogP contribution < -0.4 is 5.32 Å². The molecule has 7 rings (SSSR count). The van der Waals surface area contributed by atoms with E-state index >= 15 is 0 Å². The summed E-state index contributed by atoms with van der Waals surface area (Å²) in [5, 5.41) is 4.90. The number of likely N-dealkylation sites (tertiary alicyclic amines) is 1. The molecule has 1 aliphatic heterocycles. The Bertz CT molecular complexity index is 1200. The largest absolute Gasteiger partial charge is 0.302 e. The van der Waals surface area contributed by atoms with E-state index in [-0.39, 0.29) is 18.9 Å². The molecule has 6 nitrogen and oxygen atoms in total. The van der Waals surface area contributed by atoms with Crippen molar-refractivity contribution >= 4 is 57.4 Å². The average molecular weight is 498 g/mol. The van der Waals surface area contributed by atoms with E-state index < -0.39 is 33.4 Å². The normalized spacial score (nSPS) is 29.0. The van der Waals surface area contributed by atoms with Crippen LogP contribution in [0.2, 0.25) is 0 Å². The zero-order valence-corrected chi connectivity index (χ0v) is 19.5. The van der Waals surface area contributed by atoms with Gasteiger partial charge in [-0.1, -0.05) is 48.5 Å². The molecule has 2 aromatic carbocycles. The first-order valence-electron chi connectivity index (χ1n) is 10.5.